The molecule has 4 rings (SSSR count). The number of fused-ring (bicyclic) bond motifs is 1. The van der Waals surface area contributed by atoms with Crippen LogP contribution in [0.3, 0.4) is 0 Å². The lowest BCUT2D eigenvalue weighted by molar-refractivity contribution is -0.116. The van der Waals surface area contributed by atoms with Crippen LogP contribution in [0.1, 0.15) is 22.8 Å². The molecule has 5 nitrogen and oxygen atoms in total. The van der Waals surface area contributed by atoms with Crippen molar-refractivity contribution in [3.05, 3.63) is 58.0 Å². The molecule has 0 bridgehead atoms. The fraction of sp³-hybridized carbons (Fsp3) is 0.227. The zero-order chi connectivity index (χ0) is 20.5. The molecule has 1 atom stereocenters. The molecule has 0 aliphatic carbocycles. The topological polar surface area (TPSA) is 56.8 Å². The summed E-state index contributed by atoms with van der Waals surface area (Å²) < 4.78 is 30.8. The predicted octanol–water partition coefficient (Wildman–Crippen LogP) is 5.05. The molecule has 1 unspecified atom stereocenters. The highest BCUT2D eigenvalue weighted by atomic mass is 32.1. The van der Waals surface area contributed by atoms with Gasteiger partial charge in [-0.3, -0.25) is 4.79 Å². The third-order valence-corrected chi connectivity index (χ3v) is 6.16. The highest BCUT2D eigenvalue weighted by Gasteiger charge is 2.33. The molecule has 3 aromatic rings. The molecule has 1 aromatic heterocycles. The van der Waals surface area contributed by atoms with Crippen LogP contribution in [0.4, 0.5) is 10.1 Å². The number of thiophene rings is 1. The summed E-state index contributed by atoms with van der Waals surface area (Å²) in [4.78, 5) is 13.5. The van der Waals surface area contributed by atoms with E-state index in [4.69, 9.17) is 14.2 Å². The Bertz CT molecular complexity index is 1080. The fourth-order valence-corrected chi connectivity index (χ4v) is 4.82. The molecule has 1 amide bonds. The number of amides is 1. The first-order valence-electron chi connectivity index (χ1n) is 9.03. The van der Waals surface area contributed by atoms with Crippen molar-refractivity contribution >= 4 is 22.9 Å². The number of carbonyl (C=O) groups is 1. The lowest BCUT2D eigenvalue weighted by Crippen LogP contribution is -2.23. The molecule has 1 N–H and O–H groups in total. The summed E-state index contributed by atoms with van der Waals surface area (Å²) in [5.41, 5.74) is 2.62. The maximum Gasteiger partial charge on any atom is 0.225 e. The van der Waals surface area contributed by atoms with Gasteiger partial charge < -0.3 is 19.5 Å². The highest BCUT2D eigenvalue weighted by Crippen LogP contribution is 2.50. The predicted molar refractivity (Wildman–Crippen MR) is 111 cm³/mol. The first kappa shape index (κ1) is 19.3. The summed E-state index contributed by atoms with van der Waals surface area (Å²) in [5, 5.41) is 4.81. The maximum absolute atomic E-state index is 14.4. The minimum Gasteiger partial charge on any atom is -0.496 e. The number of ether oxygens (including phenoxy) is 3. The van der Waals surface area contributed by atoms with Crippen molar-refractivity contribution in [1.82, 2.24) is 0 Å². The Hall–Kier alpha value is -3.06. The van der Waals surface area contributed by atoms with Crippen molar-refractivity contribution in [2.75, 3.05) is 26.6 Å². The van der Waals surface area contributed by atoms with E-state index in [0.717, 1.165) is 10.4 Å². The number of nitrogens with one attached hydrogen (secondary N) is 1. The summed E-state index contributed by atoms with van der Waals surface area (Å²) in [7, 11) is 4.70. The van der Waals surface area contributed by atoms with Gasteiger partial charge >= 0.3 is 0 Å². The molecule has 29 heavy (non-hydrogen) atoms. The number of halogens is 1. The van der Waals surface area contributed by atoms with E-state index < -0.39 is 0 Å². The van der Waals surface area contributed by atoms with Gasteiger partial charge in [-0.25, -0.2) is 4.39 Å². The minimum absolute atomic E-state index is 0.129. The number of rotatable bonds is 5. The fourth-order valence-electron chi connectivity index (χ4n) is 3.68. The second-order valence-electron chi connectivity index (χ2n) is 6.62. The molecule has 0 fully saturated rings. The van der Waals surface area contributed by atoms with Gasteiger partial charge in [0, 0.05) is 45.4 Å². The molecular formula is C22H20FNO4S. The number of hydrogen-bond donors (Lipinski definition) is 1. The molecule has 0 saturated carbocycles. The number of carbonyl (C=O) groups excluding carboxylic acids is 1. The van der Waals surface area contributed by atoms with Crippen molar-refractivity contribution in [2.24, 2.45) is 0 Å². The molecule has 0 radical (unpaired) electrons. The maximum atomic E-state index is 14.4. The van der Waals surface area contributed by atoms with Crippen LogP contribution >= 0.6 is 11.3 Å². The van der Waals surface area contributed by atoms with Gasteiger partial charge in [-0.05, 0) is 12.1 Å². The summed E-state index contributed by atoms with van der Waals surface area (Å²) >= 11 is 1.49. The molecular weight excluding hydrogens is 393 g/mol. The van der Waals surface area contributed by atoms with Crippen molar-refractivity contribution in [2.45, 2.75) is 12.3 Å². The van der Waals surface area contributed by atoms with Gasteiger partial charge in [-0.15, -0.1) is 11.3 Å². The van der Waals surface area contributed by atoms with Crippen molar-refractivity contribution in [1.29, 1.82) is 0 Å². The van der Waals surface area contributed by atoms with E-state index >= 15 is 0 Å². The second-order valence-corrected chi connectivity index (χ2v) is 7.53. The molecule has 1 aliphatic rings. The van der Waals surface area contributed by atoms with E-state index in [1.54, 1.807) is 45.6 Å². The summed E-state index contributed by atoms with van der Waals surface area (Å²) in [6.45, 7) is 0. The molecule has 0 saturated heterocycles. The second kappa shape index (κ2) is 7.75. The number of benzene rings is 2. The van der Waals surface area contributed by atoms with E-state index in [1.165, 1.54) is 17.4 Å². The number of methoxy groups -OCH3 is 3. The average Bonchev–Trinajstić information content (AvgIpc) is 3.15. The third kappa shape index (κ3) is 3.31. The zero-order valence-electron chi connectivity index (χ0n) is 16.2. The summed E-state index contributed by atoms with van der Waals surface area (Å²) in [6.07, 6.45) is 0.260. The lowest BCUT2D eigenvalue weighted by Gasteiger charge is -2.26. The van der Waals surface area contributed by atoms with Gasteiger partial charge in [0.2, 0.25) is 5.91 Å². The minimum atomic E-state index is -0.326. The Labute approximate surface area is 172 Å². The highest BCUT2D eigenvalue weighted by molar-refractivity contribution is 7.11. The van der Waals surface area contributed by atoms with Crippen LogP contribution in [0, 0.1) is 5.82 Å². The number of anilines is 1. The Kier molecular flexibility index (Phi) is 5.15. The van der Waals surface area contributed by atoms with Crippen LogP contribution in [0.5, 0.6) is 17.2 Å². The summed E-state index contributed by atoms with van der Waals surface area (Å²) in [6, 6.07) is 10.2. The van der Waals surface area contributed by atoms with Crippen LogP contribution in [-0.2, 0) is 4.79 Å². The molecule has 7 heteroatoms. The number of hydrogen-bond acceptors (Lipinski definition) is 5. The molecule has 2 heterocycles. The van der Waals surface area contributed by atoms with Gasteiger partial charge in [-0.2, -0.15) is 0 Å². The van der Waals surface area contributed by atoms with Gasteiger partial charge in [-0.1, -0.05) is 18.2 Å². The van der Waals surface area contributed by atoms with Crippen LogP contribution in [0.15, 0.2) is 41.8 Å². The SMILES string of the molecule is COc1cc(OC)c(C2CC(=O)Nc3c(-c4ccccc4F)csc32)cc1OC. The van der Waals surface area contributed by atoms with Crippen molar-refractivity contribution in [3.63, 3.8) is 0 Å². The van der Waals surface area contributed by atoms with E-state index in [9.17, 15) is 9.18 Å². The van der Waals surface area contributed by atoms with Gasteiger partial charge in [0.1, 0.15) is 11.6 Å². The Balaban J connectivity index is 1.87. The van der Waals surface area contributed by atoms with E-state index in [-0.39, 0.29) is 24.1 Å². The first-order chi connectivity index (χ1) is 14.1. The third-order valence-electron chi connectivity index (χ3n) is 5.07. The average molecular weight is 413 g/mol. The van der Waals surface area contributed by atoms with Crippen molar-refractivity contribution in [3.8, 4) is 28.4 Å². The van der Waals surface area contributed by atoms with Crippen LogP contribution in [-0.4, -0.2) is 27.2 Å². The summed E-state index contributed by atoms with van der Waals surface area (Å²) in [5.74, 6) is 1.02. The Morgan fingerprint density at radius 2 is 1.69 bits per heavy atom. The lowest BCUT2D eigenvalue weighted by atomic mass is 9.88. The molecule has 0 spiro atoms. The normalized spacial score (nSPS) is 15.4. The van der Waals surface area contributed by atoms with E-state index in [2.05, 4.69) is 5.32 Å². The Morgan fingerprint density at radius 1 is 1.00 bits per heavy atom. The molecule has 1 aliphatic heterocycles. The largest absolute Gasteiger partial charge is 0.496 e. The van der Waals surface area contributed by atoms with E-state index in [0.29, 0.717) is 34.1 Å². The quantitative estimate of drug-likeness (QED) is 0.636. The molecule has 150 valence electrons. The first-order valence-corrected chi connectivity index (χ1v) is 9.91. The molecule has 2 aromatic carbocycles. The smallest absolute Gasteiger partial charge is 0.225 e. The Morgan fingerprint density at radius 3 is 2.38 bits per heavy atom. The van der Waals surface area contributed by atoms with Crippen LogP contribution < -0.4 is 19.5 Å². The van der Waals surface area contributed by atoms with Crippen molar-refractivity contribution < 1.29 is 23.4 Å². The van der Waals surface area contributed by atoms with Gasteiger partial charge in [0.25, 0.3) is 0 Å². The van der Waals surface area contributed by atoms with Crippen LogP contribution in [0.2, 0.25) is 0 Å². The standard InChI is InChI=1S/C22H20FNO4S/c1-26-17-10-19(28-3)18(27-2)8-13(17)14-9-20(25)24-21-15(11-29-22(14)21)12-6-4-5-7-16(12)23/h4-8,10-11,14H,9H2,1-3H3,(H,24,25). The van der Waals surface area contributed by atoms with Gasteiger partial charge in [0.05, 0.1) is 27.0 Å². The zero-order valence-corrected chi connectivity index (χ0v) is 17.1. The van der Waals surface area contributed by atoms with Gasteiger partial charge in [0.15, 0.2) is 11.5 Å². The monoisotopic (exact) mass is 413 g/mol. The van der Waals surface area contributed by atoms with E-state index in [1.807, 2.05) is 11.4 Å². The van der Waals surface area contributed by atoms with Crippen LogP contribution in [0.25, 0.3) is 11.1 Å².